The van der Waals surface area contributed by atoms with Crippen molar-refractivity contribution in [1.82, 2.24) is 4.90 Å². The van der Waals surface area contributed by atoms with Crippen LogP contribution in [0.1, 0.15) is 37.0 Å². The van der Waals surface area contributed by atoms with Gasteiger partial charge < -0.3 is 10.0 Å². The van der Waals surface area contributed by atoms with Crippen LogP contribution in [0.25, 0.3) is 0 Å². The molecule has 0 fully saturated rings. The van der Waals surface area contributed by atoms with E-state index in [4.69, 9.17) is 5.11 Å². The van der Waals surface area contributed by atoms with Gasteiger partial charge in [0.15, 0.2) is 9.84 Å². The number of amides is 1. The standard InChI is InChI=1S/C15H21NO5S/c1-11(2)22(20,21)13-8-5-4-7-12(13)15(19)16(3)10-6-9-14(17)18/h4-5,7-8,11H,6,9-10H2,1-3H3,(H,17,18). The minimum atomic E-state index is -3.56. The number of carbonyl (C=O) groups excluding carboxylic acids is 1. The molecule has 122 valence electrons. The van der Waals surface area contributed by atoms with Gasteiger partial charge in [-0.15, -0.1) is 0 Å². The first-order valence-corrected chi connectivity index (χ1v) is 8.52. The van der Waals surface area contributed by atoms with Gasteiger partial charge >= 0.3 is 5.97 Å². The molecule has 1 rings (SSSR count). The van der Waals surface area contributed by atoms with E-state index in [9.17, 15) is 18.0 Å². The highest BCUT2D eigenvalue weighted by Crippen LogP contribution is 2.21. The van der Waals surface area contributed by atoms with Crippen molar-refractivity contribution >= 4 is 21.7 Å². The van der Waals surface area contributed by atoms with Crippen LogP contribution < -0.4 is 0 Å². The van der Waals surface area contributed by atoms with Gasteiger partial charge in [-0.25, -0.2) is 8.42 Å². The van der Waals surface area contributed by atoms with E-state index in [-0.39, 0.29) is 23.4 Å². The predicted octanol–water partition coefficient (Wildman–Crippen LogP) is 1.81. The van der Waals surface area contributed by atoms with Crippen molar-refractivity contribution in [3.63, 3.8) is 0 Å². The number of benzene rings is 1. The Bertz CT molecular complexity index is 652. The number of aliphatic carboxylic acids is 1. The maximum atomic E-state index is 12.4. The van der Waals surface area contributed by atoms with Crippen LogP contribution in [0.4, 0.5) is 0 Å². The smallest absolute Gasteiger partial charge is 0.303 e. The summed E-state index contributed by atoms with van der Waals surface area (Å²) in [4.78, 5) is 24.3. The third-order valence-electron chi connectivity index (χ3n) is 3.28. The third kappa shape index (κ3) is 4.30. The average molecular weight is 327 g/mol. The van der Waals surface area contributed by atoms with E-state index >= 15 is 0 Å². The van der Waals surface area contributed by atoms with Gasteiger partial charge in [0, 0.05) is 20.0 Å². The molecule has 0 atom stereocenters. The van der Waals surface area contributed by atoms with Crippen molar-refractivity contribution in [3.8, 4) is 0 Å². The van der Waals surface area contributed by atoms with Crippen LogP contribution in [0, 0.1) is 0 Å². The zero-order chi connectivity index (χ0) is 16.9. The molecule has 1 aromatic carbocycles. The van der Waals surface area contributed by atoms with E-state index in [2.05, 4.69) is 0 Å². The highest BCUT2D eigenvalue weighted by atomic mass is 32.2. The molecule has 0 unspecified atom stereocenters. The van der Waals surface area contributed by atoms with Crippen molar-refractivity contribution in [2.45, 2.75) is 36.8 Å². The second-order valence-electron chi connectivity index (χ2n) is 5.31. The molecule has 0 aliphatic heterocycles. The number of rotatable bonds is 7. The largest absolute Gasteiger partial charge is 0.481 e. The minimum absolute atomic E-state index is 0.0140. The molecule has 22 heavy (non-hydrogen) atoms. The van der Waals surface area contributed by atoms with Crippen LogP contribution >= 0.6 is 0 Å². The second kappa shape index (κ2) is 7.40. The Morgan fingerprint density at radius 1 is 1.23 bits per heavy atom. The van der Waals surface area contributed by atoms with Crippen LogP contribution in [0.15, 0.2) is 29.2 Å². The monoisotopic (exact) mass is 327 g/mol. The second-order valence-corrected chi connectivity index (χ2v) is 7.79. The fraction of sp³-hybridized carbons (Fsp3) is 0.467. The molecule has 0 saturated carbocycles. The molecule has 0 bridgehead atoms. The highest BCUT2D eigenvalue weighted by molar-refractivity contribution is 7.92. The number of hydrogen-bond acceptors (Lipinski definition) is 4. The number of nitrogens with zero attached hydrogens (tertiary/aromatic N) is 1. The summed E-state index contributed by atoms with van der Waals surface area (Å²) in [5.41, 5.74) is 0.119. The van der Waals surface area contributed by atoms with Gasteiger partial charge in [0.05, 0.1) is 15.7 Å². The lowest BCUT2D eigenvalue weighted by atomic mass is 10.2. The molecule has 0 radical (unpaired) electrons. The average Bonchev–Trinajstić information content (AvgIpc) is 2.45. The molecule has 0 saturated heterocycles. The van der Waals surface area contributed by atoms with Gasteiger partial charge in [-0.2, -0.15) is 0 Å². The maximum Gasteiger partial charge on any atom is 0.303 e. The van der Waals surface area contributed by atoms with Crippen LogP contribution in [0.3, 0.4) is 0 Å². The third-order valence-corrected chi connectivity index (χ3v) is 5.49. The fourth-order valence-electron chi connectivity index (χ4n) is 1.92. The molecule has 7 heteroatoms. The van der Waals surface area contributed by atoms with E-state index in [0.29, 0.717) is 6.42 Å². The van der Waals surface area contributed by atoms with Gasteiger partial charge in [0.1, 0.15) is 0 Å². The van der Waals surface area contributed by atoms with Crippen LogP contribution in [-0.4, -0.2) is 49.1 Å². The van der Waals surface area contributed by atoms with E-state index in [0.717, 1.165) is 0 Å². The summed E-state index contributed by atoms with van der Waals surface area (Å²) in [5, 5.41) is 7.98. The van der Waals surface area contributed by atoms with E-state index in [1.807, 2.05) is 0 Å². The Morgan fingerprint density at radius 3 is 2.36 bits per heavy atom. The first-order chi connectivity index (χ1) is 10.2. The van der Waals surface area contributed by atoms with Crippen molar-refractivity contribution in [1.29, 1.82) is 0 Å². The topological polar surface area (TPSA) is 91.8 Å². The van der Waals surface area contributed by atoms with Crippen LogP contribution in [0.5, 0.6) is 0 Å². The molecule has 1 amide bonds. The molecule has 1 N–H and O–H groups in total. The van der Waals surface area contributed by atoms with Gasteiger partial charge in [-0.3, -0.25) is 9.59 Å². The van der Waals surface area contributed by atoms with Gasteiger partial charge in [0.2, 0.25) is 0 Å². The molecule has 0 spiro atoms. The molecule has 0 aliphatic rings. The van der Waals surface area contributed by atoms with E-state index in [1.165, 1.54) is 24.1 Å². The number of sulfone groups is 1. The first kappa shape index (κ1) is 18.2. The molecule has 6 nitrogen and oxygen atoms in total. The SMILES string of the molecule is CC(C)S(=O)(=O)c1ccccc1C(=O)N(C)CCCC(=O)O. The molecule has 0 aromatic heterocycles. The van der Waals surface area contributed by atoms with E-state index < -0.39 is 27.0 Å². The van der Waals surface area contributed by atoms with Crippen LogP contribution in [-0.2, 0) is 14.6 Å². The lowest BCUT2D eigenvalue weighted by molar-refractivity contribution is -0.137. The maximum absolute atomic E-state index is 12.4. The lowest BCUT2D eigenvalue weighted by Gasteiger charge is -2.19. The highest BCUT2D eigenvalue weighted by Gasteiger charge is 2.26. The lowest BCUT2D eigenvalue weighted by Crippen LogP contribution is -2.30. The van der Waals surface area contributed by atoms with Crippen molar-refractivity contribution in [3.05, 3.63) is 29.8 Å². The normalized spacial score (nSPS) is 11.5. The van der Waals surface area contributed by atoms with Gasteiger partial charge in [-0.05, 0) is 32.4 Å². The number of carbonyl (C=O) groups is 2. The molecule has 0 aliphatic carbocycles. The Kier molecular flexibility index (Phi) is 6.11. The summed E-state index contributed by atoms with van der Waals surface area (Å²) in [6.45, 7) is 3.38. The molecule has 1 aromatic rings. The van der Waals surface area contributed by atoms with Crippen molar-refractivity contribution < 1.29 is 23.1 Å². The van der Waals surface area contributed by atoms with Crippen molar-refractivity contribution in [2.75, 3.05) is 13.6 Å². The summed E-state index contributed by atoms with van der Waals surface area (Å²) in [7, 11) is -2.03. The van der Waals surface area contributed by atoms with Gasteiger partial charge in [0.25, 0.3) is 5.91 Å². The number of hydrogen-bond donors (Lipinski definition) is 1. The Labute approximate surface area is 130 Å². The van der Waals surface area contributed by atoms with Crippen LogP contribution in [0.2, 0.25) is 0 Å². The quantitative estimate of drug-likeness (QED) is 0.824. The Morgan fingerprint density at radius 2 is 1.82 bits per heavy atom. The summed E-state index contributed by atoms with van der Waals surface area (Å²) < 4.78 is 24.7. The Balaban J connectivity index is 3.02. The minimum Gasteiger partial charge on any atom is -0.481 e. The number of carboxylic acid groups (broad SMARTS) is 1. The summed E-state index contributed by atoms with van der Waals surface area (Å²) >= 11 is 0. The summed E-state index contributed by atoms with van der Waals surface area (Å²) in [6.07, 6.45) is 0.278. The fourth-order valence-corrected chi connectivity index (χ4v) is 3.16. The summed E-state index contributed by atoms with van der Waals surface area (Å²) in [6, 6.07) is 6.09. The van der Waals surface area contributed by atoms with E-state index in [1.54, 1.807) is 26.0 Å². The first-order valence-electron chi connectivity index (χ1n) is 6.98. The zero-order valence-electron chi connectivity index (χ0n) is 12.9. The summed E-state index contributed by atoms with van der Waals surface area (Å²) in [5.74, 6) is -1.35. The van der Waals surface area contributed by atoms with Crippen molar-refractivity contribution in [2.24, 2.45) is 0 Å². The van der Waals surface area contributed by atoms with Gasteiger partial charge in [-0.1, -0.05) is 12.1 Å². The molecular weight excluding hydrogens is 306 g/mol. The molecule has 0 heterocycles. The Hall–Kier alpha value is -1.89. The number of carboxylic acids is 1. The molecular formula is C15H21NO5S. The zero-order valence-corrected chi connectivity index (χ0v) is 13.8. The predicted molar refractivity (Wildman–Crippen MR) is 82.6 cm³/mol.